The fourth-order valence-corrected chi connectivity index (χ4v) is 2.80. The minimum absolute atomic E-state index is 0.238. The zero-order chi connectivity index (χ0) is 19.6. The number of imide groups is 1. The topological polar surface area (TPSA) is 92.8 Å². The van der Waals surface area contributed by atoms with Gasteiger partial charge in [0.2, 0.25) is 0 Å². The molecule has 0 saturated carbocycles. The number of nitrogens with one attached hydrogen (secondary N) is 1. The Morgan fingerprint density at radius 3 is 2.30 bits per heavy atom. The van der Waals surface area contributed by atoms with E-state index >= 15 is 0 Å². The quantitative estimate of drug-likeness (QED) is 0.629. The zero-order valence-electron chi connectivity index (χ0n) is 14.3. The van der Waals surface area contributed by atoms with Crippen molar-refractivity contribution in [2.45, 2.75) is 13.0 Å². The normalized spacial score (nSPS) is 13.9. The molecule has 1 N–H and O–H groups in total. The highest BCUT2D eigenvalue weighted by Gasteiger charge is 2.37. The van der Waals surface area contributed by atoms with Gasteiger partial charge in [-0.1, -0.05) is 29.8 Å². The van der Waals surface area contributed by atoms with Crippen molar-refractivity contribution < 1.29 is 23.9 Å². The highest BCUT2D eigenvalue weighted by Crippen LogP contribution is 2.22. The summed E-state index contributed by atoms with van der Waals surface area (Å²) in [5, 5.41) is 3.01. The number of carbonyl (C=O) groups is 4. The lowest BCUT2D eigenvalue weighted by molar-refractivity contribution is -0.153. The summed E-state index contributed by atoms with van der Waals surface area (Å²) in [5.41, 5.74) is 0.930. The van der Waals surface area contributed by atoms with Crippen LogP contribution in [0.5, 0.6) is 0 Å². The highest BCUT2D eigenvalue weighted by molar-refractivity contribution is 6.30. The Hall–Kier alpha value is -3.19. The summed E-state index contributed by atoms with van der Waals surface area (Å²) in [5.74, 6) is -2.56. The molecule has 0 fully saturated rings. The maximum absolute atomic E-state index is 12.2. The summed E-state index contributed by atoms with van der Waals surface area (Å²) in [6.07, 6.45) is -1.12. The lowest BCUT2D eigenvalue weighted by Gasteiger charge is -2.16. The third-order valence-corrected chi connectivity index (χ3v) is 4.17. The molecule has 0 bridgehead atoms. The number of hydrogen-bond acceptors (Lipinski definition) is 5. The number of hydrogen-bond donors (Lipinski definition) is 1. The molecule has 2 aromatic carbocycles. The molecule has 0 saturated heterocycles. The molecule has 138 valence electrons. The van der Waals surface area contributed by atoms with Gasteiger partial charge in [-0.2, -0.15) is 0 Å². The predicted molar refractivity (Wildman–Crippen MR) is 97.4 cm³/mol. The highest BCUT2D eigenvalue weighted by atomic mass is 35.5. The number of esters is 1. The van der Waals surface area contributed by atoms with Gasteiger partial charge >= 0.3 is 5.97 Å². The van der Waals surface area contributed by atoms with Gasteiger partial charge in [0, 0.05) is 10.7 Å². The van der Waals surface area contributed by atoms with E-state index in [4.69, 9.17) is 16.3 Å². The predicted octanol–water partition coefficient (Wildman–Crippen LogP) is 2.51. The third-order valence-electron chi connectivity index (χ3n) is 3.94. The minimum Gasteiger partial charge on any atom is -0.451 e. The summed E-state index contributed by atoms with van der Waals surface area (Å²) in [4.78, 5) is 49.5. The number of halogens is 1. The number of nitrogens with zero attached hydrogens (tertiary/aromatic N) is 1. The second-order valence-corrected chi connectivity index (χ2v) is 6.31. The standard InChI is InChI=1S/C19H15ClN2O5/c1-11(17(24)21-13-6-4-5-12(20)9-13)27-16(23)10-22-18(25)14-7-2-3-8-15(14)19(22)26/h2-9,11H,10H2,1H3,(H,21,24). The molecule has 1 aliphatic rings. The van der Waals surface area contributed by atoms with Gasteiger partial charge in [0.05, 0.1) is 11.1 Å². The summed E-state index contributed by atoms with van der Waals surface area (Å²) in [7, 11) is 0. The van der Waals surface area contributed by atoms with E-state index in [0.29, 0.717) is 10.7 Å². The second-order valence-electron chi connectivity index (χ2n) is 5.87. The van der Waals surface area contributed by atoms with Crippen molar-refractivity contribution in [1.82, 2.24) is 4.90 Å². The minimum atomic E-state index is -1.12. The van der Waals surface area contributed by atoms with Gasteiger partial charge in [-0.05, 0) is 37.3 Å². The lowest BCUT2D eigenvalue weighted by Crippen LogP contribution is -2.38. The molecule has 1 heterocycles. The average molecular weight is 387 g/mol. The van der Waals surface area contributed by atoms with Gasteiger partial charge in [0.15, 0.2) is 6.10 Å². The molecule has 8 heteroatoms. The van der Waals surface area contributed by atoms with Crippen LogP contribution in [0.3, 0.4) is 0 Å². The molecule has 1 atom stereocenters. The van der Waals surface area contributed by atoms with Crippen LogP contribution in [0.4, 0.5) is 5.69 Å². The molecule has 27 heavy (non-hydrogen) atoms. The summed E-state index contributed by atoms with van der Waals surface area (Å²) in [6, 6.07) is 12.8. The molecule has 1 unspecified atom stereocenters. The van der Waals surface area contributed by atoms with Crippen molar-refractivity contribution >= 4 is 41.0 Å². The Morgan fingerprint density at radius 2 is 1.70 bits per heavy atom. The first-order valence-corrected chi connectivity index (χ1v) is 8.46. The number of carbonyl (C=O) groups excluding carboxylic acids is 4. The van der Waals surface area contributed by atoms with Crippen LogP contribution in [-0.4, -0.2) is 41.2 Å². The number of benzene rings is 2. The molecule has 0 aliphatic carbocycles. The van der Waals surface area contributed by atoms with E-state index in [-0.39, 0.29) is 11.1 Å². The van der Waals surface area contributed by atoms with Crippen LogP contribution in [0.25, 0.3) is 0 Å². The molecule has 0 aromatic heterocycles. The van der Waals surface area contributed by atoms with Gasteiger partial charge in [0.1, 0.15) is 6.54 Å². The molecule has 7 nitrogen and oxygen atoms in total. The van der Waals surface area contributed by atoms with Gasteiger partial charge in [-0.3, -0.25) is 24.1 Å². The molecular weight excluding hydrogens is 372 g/mol. The molecule has 0 radical (unpaired) electrons. The zero-order valence-corrected chi connectivity index (χ0v) is 15.0. The molecule has 0 spiro atoms. The number of anilines is 1. The van der Waals surface area contributed by atoms with E-state index in [2.05, 4.69) is 5.32 Å². The van der Waals surface area contributed by atoms with Crippen molar-refractivity contribution in [3.8, 4) is 0 Å². The molecular formula is C19H15ClN2O5. The van der Waals surface area contributed by atoms with Gasteiger partial charge in [-0.25, -0.2) is 0 Å². The van der Waals surface area contributed by atoms with Crippen LogP contribution in [0.1, 0.15) is 27.6 Å². The number of rotatable bonds is 5. The molecule has 3 amide bonds. The fourth-order valence-electron chi connectivity index (χ4n) is 2.61. The maximum Gasteiger partial charge on any atom is 0.326 e. The Kier molecular flexibility index (Phi) is 5.23. The van der Waals surface area contributed by atoms with Gasteiger partial charge in [0.25, 0.3) is 17.7 Å². The van der Waals surface area contributed by atoms with Crippen molar-refractivity contribution in [3.63, 3.8) is 0 Å². The van der Waals surface area contributed by atoms with Gasteiger partial charge < -0.3 is 10.1 Å². The second kappa shape index (κ2) is 7.59. The Morgan fingerprint density at radius 1 is 1.07 bits per heavy atom. The largest absolute Gasteiger partial charge is 0.451 e. The van der Waals surface area contributed by atoms with Crippen LogP contribution < -0.4 is 5.32 Å². The van der Waals surface area contributed by atoms with E-state index < -0.39 is 36.3 Å². The molecule has 3 rings (SSSR count). The van der Waals surface area contributed by atoms with Crippen molar-refractivity contribution in [3.05, 3.63) is 64.7 Å². The first-order chi connectivity index (χ1) is 12.9. The van der Waals surface area contributed by atoms with Crippen LogP contribution >= 0.6 is 11.6 Å². The molecule has 2 aromatic rings. The summed E-state index contributed by atoms with van der Waals surface area (Å²) < 4.78 is 5.04. The van der Waals surface area contributed by atoms with E-state index in [1.807, 2.05) is 0 Å². The van der Waals surface area contributed by atoms with Gasteiger partial charge in [-0.15, -0.1) is 0 Å². The summed E-state index contributed by atoms with van der Waals surface area (Å²) >= 11 is 5.85. The first-order valence-electron chi connectivity index (χ1n) is 8.08. The van der Waals surface area contributed by atoms with Crippen LogP contribution in [0, 0.1) is 0 Å². The SMILES string of the molecule is CC(OC(=O)CN1C(=O)c2ccccc2C1=O)C(=O)Nc1cccc(Cl)c1. The van der Waals surface area contributed by atoms with Crippen molar-refractivity contribution in [1.29, 1.82) is 0 Å². The van der Waals surface area contributed by atoms with E-state index in [0.717, 1.165) is 4.90 Å². The Bertz CT molecular complexity index is 908. The van der Waals surface area contributed by atoms with Crippen LogP contribution in [0.15, 0.2) is 48.5 Å². The molecule has 1 aliphatic heterocycles. The number of amides is 3. The van der Waals surface area contributed by atoms with Crippen molar-refractivity contribution in [2.75, 3.05) is 11.9 Å². The smallest absolute Gasteiger partial charge is 0.326 e. The van der Waals surface area contributed by atoms with E-state index in [1.165, 1.54) is 19.1 Å². The number of ether oxygens (including phenoxy) is 1. The van der Waals surface area contributed by atoms with Crippen LogP contribution in [-0.2, 0) is 14.3 Å². The Labute approximate surface area is 159 Å². The van der Waals surface area contributed by atoms with E-state index in [9.17, 15) is 19.2 Å². The fraction of sp³-hybridized carbons (Fsp3) is 0.158. The Balaban J connectivity index is 1.58. The maximum atomic E-state index is 12.2. The lowest BCUT2D eigenvalue weighted by atomic mass is 10.1. The monoisotopic (exact) mass is 386 g/mol. The summed E-state index contributed by atoms with van der Waals surface area (Å²) in [6.45, 7) is 0.821. The van der Waals surface area contributed by atoms with Crippen molar-refractivity contribution in [2.24, 2.45) is 0 Å². The number of fused-ring (bicyclic) bond motifs is 1. The third kappa shape index (κ3) is 3.98. The van der Waals surface area contributed by atoms with E-state index in [1.54, 1.807) is 36.4 Å². The average Bonchev–Trinajstić information content (AvgIpc) is 2.87. The van der Waals surface area contributed by atoms with Crippen LogP contribution in [0.2, 0.25) is 5.02 Å². The first kappa shape index (κ1) is 18.6.